The van der Waals surface area contributed by atoms with Crippen molar-refractivity contribution in [3.8, 4) is 11.8 Å². The fourth-order valence-corrected chi connectivity index (χ4v) is 2.06. The predicted molar refractivity (Wildman–Crippen MR) is 69.1 cm³/mol. The number of benzene rings is 1. The first-order valence-electron chi connectivity index (χ1n) is 5.67. The third-order valence-electron chi connectivity index (χ3n) is 2.94. The van der Waals surface area contributed by atoms with Gasteiger partial charge in [0.1, 0.15) is 17.5 Å². The van der Waals surface area contributed by atoms with E-state index in [1.54, 1.807) is 26.0 Å². The van der Waals surface area contributed by atoms with E-state index < -0.39 is 4.92 Å². The molecule has 0 aliphatic carbocycles. The van der Waals surface area contributed by atoms with Crippen LogP contribution in [0, 0.1) is 42.2 Å². The van der Waals surface area contributed by atoms with Gasteiger partial charge in [0.15, 0.2) is 0 Å². The molecule has 1 heterocycles. The number of hydrogen-bond acceptors (Lipinski definition) is 4. The van der Waals surface area contributed by atoms with Crippen molar-refractivity contribution in [2.75, 3.05) is 0 Å². The van der Waals surface area contributed by atoms with E-state index in [0.29, 0.717) is 22.6 Å². The van der Waals surface area contributed by atoms with E-state index in [-0.39, 0.29) is 5.69 Å². The average Bonchev–Trinajstić information content (AvgIpc) is 2.64. The van der Waals surface area contributed by atoms with Gasteiger partial charge in [-0.3, -0.25) is 10.1 Å². The first kappa shape index (κ1) is 12.8. The highest BCUT2D eigenvalue weighted by Gasteiger charge is 2.23. The molecule has 0 bridgehead atoms. The molecule has 0 radical (unpaired) electrons. The van der Waals surface area contributed by atoms with Gasteiger partial charge in [0.05, 0.1) is 16.2 Å². The lowest BCUT2D eigenvalue weighted by Gasteiger charge is -2.06. The van der Waals surface area contributed by atoms with Crippen molar-refractivity contribution in [1.29, 1.82) is 5.26 Å². The Labute approximate surface area is 110 Å². The van der Waals surface area contributed by atoms with E-state index in [1.165, 1.54) is 4.68 Å². The Kier molecular flexibility index (Phi) is 3.05. The zero-order valence-corrected chi connectivity index (χ0v) is 10.8. The van der Waals surface area contributed by atoms with Gasteiger partial charge >= 0.3 is 5.69 Å². The van der Waals surface area contributed by atoms with Crippen molar-refractivity contribution >= 4 is 5.69 Å². The maximum absolute atomic E-state index is 11.0. The molecule has 0 saturated carbocycles. The minimum absolute atomic E-state index is 0.00975. The van der Waals surface area contributed by atoms with Gasteiger partial charge in [0.2, 0.25) is 0 Å². The molecule has 0 fully saturated rings. The molecule has 6 nitrogen and oxygen atoms in total. The van der Waals surface area contributed by atoms with Gasteiger partial charge in [0, 0.05) is 0 Å². The normalized spacial score (nSPS) is 10.2. The maximum atomic E-state index is 11.0. The number of hydrogen-bond donors (Lipinski definition) is 0. The molecular formula is C13H12N4O2. The molecule has 0 amide bonds. The van der Waals surface area contributed by atoms with E-state index in [1.807, 2.05) is 13.0 Å². The molecule has 2 aromatic rings. The second kappa shape index (κ2) is 4.53. The zero-order valence-electron chi connectivity index (χ0n) is 10.8. The average molecular weight is 256 g/mol. The summed E-state index contributed by atoms with van der Waals surface area (Å²) in [5, 5.41) is 24.3. The van der Waals surface area contributed by atoms with Crippen molar-refractivity contribution in [2.24, 2.45) is 0 Å². The minimum atomic E-state index is -0.450. The Morgan fingerprint density at radius 3 is 2.58 bits per heavy atom. The predicted octanol–water partition coefficient (Wildman–Crippen LogP) is 2.58. The smallest absolute Gasteiger partial charge is 0.258 e. The Morgan fingerprint density at radius 2 is 2.05 bits per heavy atom. The van der Waals surface area contributed by atoms with E-state index >= 15 is 0 Å². The molecule has 0 spiro atoms. The van der Waals surface area contributed by atoms with Crippen molar-refractivity contribution in [2.45, 2.75) is 20.8 Å². The summed E-state index contributed by atoms with van der Waals surface area (Å²) in [6.45, 7) is 5.09. The van der Waals surface area contributed by atoms with Crippen LogP contribution >= 0.6 is 0 Å². The second-order valence-corrected chi connectivity index (χ2v) is 4.32. The van der Waals surface area contributed by atoms with Crippen LogP contribution in [0.2, 0.25) is 0 Å². The summed E-state index contributed by atoms with van der Waals surface area (Å²) >= 11 is 0. The Balaban J connectivity index is 2.71. The van der Waals surface area contributed by atoms with Gasteiger partial charge in [-0.2, -0.15) is 10.4 Å². The van der Waals surface area contributed by atoms with Gasteiger partial charge in [-0.1, -0.05) is 6.07 Å². The lowest BCUT2D eigenvalue weighted by molar-refractivity contribution is -0.386. The Bertz CT molecular complexity index is 710. The summed E-state index contributed by atoms with van der Waals surface area (Å²) in [4.78, 5) is 10.5. The fourth-order valence-electron chi connectivity index (χ4n) is 2.06. The number of aromatic nitrogens is 2. The molecule has 0 atom stereocenters. The molecule has 0 saturated heterocycles. The number of nitro groups is 1. The van der Waals surface area contributed by atoms with Gasteiger partial charge in [-0.15, -0.1) is 0 Å². The number of rotatable bonds is 2. The number of nitrogens with zero attached hydrogens (tertiary/aromatic N) is 4. The quantitative estimate of drug-likeness (QED) is 0.610. The van der Waals surface area contributed by atoms with Crippen LogP contribution in [0.1, 0.15) is 22.5 Å². The highest BCUT2D eigenvalue weighted by Crippen LogP contribution is 2.26. The first-order chi connectivity index (χ1) is 8.95. The summed E-state index contributed by atoms with van der Waals surface area (Å²) in [6.07, 6.45) is 0. The van der Waals surface area contributed by atoms with Crippen LogP contribution in [0.15, 0.2) is 18.2 Å². The number of aryl methyl sites for hydroxylation is 2. The van der Waals surface area contributed by atoms with Gasteiger partial charge in [0.25, 0.3) is 0 Å². The van der Waals surface area contributed by atoms with Crippen LogP contribution in [0.4, 0.5) is 5.69 Å². The van der Waals surface area contributed by atoms with Crippen LogP contribution in [0.25, 0.3) is 5.69 Å². The summed E-state index contributed by atoms with van der Waals surface area (Å²) in [6, 6.07) is 7.42. The summed E-state index contributed by atoms with van der Waals surface area (Å²) in [7, 11) is 0. The molecule has 19 heavy (non-hydrogen) atoms. The molecular weight excluding hydrogens is 244 g/mol. The van der Waals surface area contributed by atoms with Gasteiger partial charge in [-0.05, 0) is 38.5 Å². The van der Waals surface area contributed by atoms with E-state index in [9.17, 15) is 10.1 Å². The highest BCUT2D eigenvalue weighted by atomic mass is 16.6. The molecule has 2 rings (SSSR count). The monoisotopic (exact) mass is 256 g/mol. The topological polar surface area (TPSA) is 84.8 Å². The van der Waals surface area contributed by atoms with Crippen LogP contribution < -0.4 is 0 Å². The minimum Gasteiger partial charge on any atom is -0.258 e. The van der Waals surface area contributed by atoms with Crippen molar-refractivity contribution < 1.29 is 4.92 Å². The first-order valence-corrected chi connectivity index (χ1v) is 5.67. The Hall–Kier alpha value is -2.68. The standard InChI is InChI=1S/C13H12N4O2/c1-8-4-5-12(11(6-8)7-14)16-10(3)13(17(18)19)9(2)15-16/h4-6H,1-3H3. The molecule has 0 N–H and O–H groups in total. The summed E-state index contributed by atoms with van der Waals surface area (Å²) in [5.74, 6) is 0. The molecule has 96 valence electrons. The van der Waals surface area contributed by atoms with Crippen LogP contribution in [-0.2, 0) is 0 Å². The second-order valence-electron chi connectivity index (χ2n) is 4.32. The third kappa shape index (κ3) is 2.06. The number of nitriles is 1. The molecule has 1 aromatic carbocycles. The van der Waals surface area contributed by atoms with Gasteiger partial charge < -0.3 is 0 Å². The SMILES string of the molecule is Cc1ccc(-n2nc(C)c([N+](=O)[O-])c2C)c(C#N)c1. The van der Waals surface area contributed by atoms with E-state index in [4.69, 9.17) is 5.26 Å². The molecule has 0 aliphatic rings. The van der Waals surface area contributed by atoms with Crippen molar-refractivity contribution in [3.63, 3.8) is 0 Å². The van der Waals surface area contributed by atoms with Crippen LogP contribution in [0.3, 0.4) is 0 Å². The maximum Gasteiger partial charge on any atom is 0.313 e. The Morgan fingerprint density at radius 1 is 1.37 bits per heavy atom. The van der Waals surface area contributed by atoms with Crippen molar-refractivity contribution in [1.82, 2.24) is 9.78 Å². The third-order valence-corrected chi connectivity index (χ3v) is 2.94. The van der Waals surface area contributed by atoms with E-state index in [0.717, 1.165) is 5.56 Å². The van der Waals surface area contributed by atoms with Gasteiger partial charge in [-0.25, -0.2) is 4.68 Å². The molecule has 6 heteroatoms. The summed E-state index contributed by atoms with van der Waals surface area (Å²) in [5.41, 5.74) is 2.71. The van der Waals surface area contributed by atoms with E-state index in [2.05, 4.69) is 11.2 Å². The lowest BCUT2D eigenvalue weighted by Crippen LogP contribution is -2.02. The molecule has 1 aromatic heterocycles. The van der Waals surface area contributed by atoms with Crippen LogP contribution in [-0.4, -0.2) is 14.7 Å². The lowest BCUT2D eigenvalue weighted by atomic mass is 10.1. The highest BCUT2D eigenvalue weighted by molar-refractivity contribution is 5.53. The van der Waals surface area contributed by atoms with Crippen molar-refractivity contribution in [3.05, 3.63) is 50.8 Å². The zero-order chi connectivity index (χ0) is 14.2. The largest absolute Gasteiger partial charge is 0.313 e. The van der Waals surface area contributed by atoms with Crippen LogP contribution in [0.5, 0.6) is 0 Å². The fraction of sp³-hybridized carbons (Fsp3) is 0.231. The molecule has 0 aliphatic heterocycles. The summed E-state index contributed by atoms with van der Waals surface area (Å²) < 4.78 is 1.45. The molecule has 0 unspecified atom stereocenters.